The molecule has 0 aromatic heterocycles. The van der Waals surface area contributed by atoms with Crippen molar-refractivity contribution in [1.82, 2.24) is 0 Å². The third-order valence-corrected chi connectivity index (χ3v) is 3.82. The number of carbonyl (C=O) groups excluding carboxylic acids is 1. The predicted octanol–water partition coefficient (Wildman–Crippen LogP) is 4.79. The van der Waals surface area contributed by atoms with Crippen LogP contribution in [0, 0.1) is 0 Å². The molecule has 0 aliphatic rings. The van der Waals surface area contributed by atoms with E-state index in [4.69, 9.17) is 18.9 Å². The van der Waals surface area contributed by atoms with Gasteiger partial charge in [0.25, 0.3) is 0 Å². The number of allylic oxidation sites excluding steroid dienone is 1. The molecule has 5 heteroatoms. The number of hydrogen-bond acceptors (Lipinski definition) is 5. The zero-order valence-corrected chi connectivity index (χ0v) is 16.3. The van der Waals surface area contributed by atoms with Crippen molar-refractivity contribution in [1.29, 1.82) is 0 Å². The van der Waals surface area contributed by atoms with E-state index in [2.05, 4.69) is 6.92 Å². The van der Waals surface area contributed by atoms with Gasteiger partial charge in [0.05, 0.1) is 27.4 Å². The van der Waals surface area contributed by atoms with Gasteiger partial charge >= 0.3 is 0 Å². The molecule has 27 heavy (non-hydrogen) atoms. The molecule has 144 valence electrons. The average Bonchev–Trinajstić information content (AvgIpc) is 2.70. The molecular formula is C22H26O5. The van der Waals surface area contributed by atoms with Crippen LogP contribution in [-0.2, 0) is 0 Å². The minimum absolute atomic E-state index is 0.125. The third kappa shape index (κ3) is 5.51. The van der Waals surface area contributed by atoms with Gasteiger partial charge in [-0.2, -0.15) is 0 Å². The van der Waals surface area contributed by atoms with Gasteiger partial charge in [-0.15, -0.1) is 0 Å². The van der Waals surface area contributed by atoms with E-state index in [9.17, 15) is 4.79 Å². The van der Waals surface area contributed by atoms with E-state index < -0.39 is 0 Å². The molecule has 0 spiro atoms. The van der Waals surface area contributed by atoms with Crippen LogP contribution < -0.4 is 18.9 Å². The third-order valence-electron chi connectivity index (χ3n) is 3.82. The van der Waals surface area contributed by atoms with Crippen LogP contribution in [0.2, 0.25) is 0 Å². The van der Waals surface area contributed by atoms with Crippen LogP contribution in [0.4, 0.5) is 0 Å². The number of carbonyl (C=O) groups is 1. The summed E-state index contributed by atoms with van der Waals surface area (Å²) < 4.78 is 21.8. The maximum atomic E-state index is 12.5. The number of ketones is 1. The lowest BCUT2D eigenvalue weighted by atomic mass is 10.1. The van der Waals surface area contributed by atoms with Crippen LogP contribution in [0.3, 0.4) is 0 Å². The quantitative estimate of drug-likeness (QED) is 0.445. The fourth-order valence-electron chi connectivity index (χ4n) is 2.49. The molecule has 5 nitrogen and oxygen atoms in total. The second-order valence-corrected chi connectivity index (χ2v) is 5.75. The Morgan fingerprint density at radius 3 is 2.30 bits per heavy atom. The SMILES string of the molecule is CCCOc1ccc(/C=C/C(=O)c2ccc(OC)c(OC)c2)cc1OCC. The molecule has 0 atom stereocenters. The Balaban J connectivity index is 2.19. The summed E-state index contributed by atoms with van der Waals surface area (Å²) in [4.78, 5) is 12.5. The predicted molar refractivity (Wildman–Crippen MR) is 106 cm³/mol. The molecule has 0 aliphatic heterocycles. The first-order valence-electron chi connectivity index (χ1n) is 8.97. The molecule has 0 fully saturated rings. The molecule has 0 aliphatic carbocycles. The van der Waals surface area contributed by atoms with Crippen molar-refractivity contribution in [2.75, 3.05) is 27.4 Å². The monoisotopic (exact) mass is 370 g/mol. The minimum Gasteiger partial charge on any atom is -0.493 e. The van der Waals surface area contributed by atoms with Crippen molar-refractivity contribution in [3.05, 3.63) is 53.6 Å². The Morgan fingerprint density at radius 2 is 1.63 bits per heavy atom. The van der Waals surface area contributed by atoms with Gasteiger partial charge in [0.1, 0.15) is 0 Å². The van der Waals surface area contributed by atoms with Crippen LogP contribution in [0.15, 0.2) is 42.5 Å². The molecule has 0 N–H and O–H groups in total. The number of hydrogen-bond donors (Lipinski definition) is 0. The van der Waals surface area contributed by atoms with Crippen LogP contribution in [-0.4, -0.2) is 33.2 Å². The lowest BCUT2D eigenvalue weighted by Gasteiger charge is -2.12. The molecule has 0 bridgehead atoms. The van der Waals surface area contributed by atoms with Gasteiger partial charge in [-0.25, -0.2) is 0 Å². The molecular weight excluding hydrogens is 344 g/mol. The minimum atomic E-state index is -0.125. The van der Waals surface area contributed by atoms with E-state index >= 15 is 0 Å². The summed E-state index contributed by atoms with van der Waals surface area (Å²) in [6, 6.07) is 10.7. The number of ether oxygens (including phenoxy) is 4. The highest BCUT2D eigenvalue weighted by Crippen LogP contribution is 2.30. The van der Waals surface area contributed by atoms with Crippen LogP contribution in [0.5, 0.6) is 23.0 Å². The summed E-state index contributed by atoms with van der Waals surface area (Å²) in [5.74, 6) is 2.36. The first-order chi connectivity index (χ1) is 13.1. The smallest absolute Gasteiger partial charge is 0.185 e. The van der Waals surface area contributed by atoms with Crippen molar-refractivity contribution in [2.24, 2.45) is 0 Å². The Labute approximate surface area is 160 Å². The van der Waals surface area contributed by atoms with E-state index in [0.717, 1.165) is 12.0 Å². The molecule has 0 saturated carbocycles. The van der Waals surface area contributed by atoms with E-state index in [1.165, 1.54) is 6.08 Å². The van der Waals surface area contributed by atoms with Crippen LogP contribution in [0.1, 0.15) is 36.2 Å². The summed E-state index contributed by atoms with van der Waals surface area (Å²) in [5.41, 5.74) is 1.38. The van der Waals surface area contributed by atoms with Gasteiger partial charge in [-0.3, -0.25) is 4.79 Å². The molecule has 2 aromatic carbocycles. The number of benzene rings is 2. The summed E-state index contributed by atoms with van der Waals surface area (Å²) in [6.45, 7) is 5.15. The fourth-order valence-corrected chi connectivity index (χ4v) is 2.49. The number of methoxy groups -OCH3 is 2. The Morgan fingerprint density at radius 1 is 0.889 bits per heavy atom. The summed E-state index contributed by atoms with van der Waals surface area (Å²) >= 11 is 0. The highest BCUT2D eigenvalue weighted by molar-refractivity contribution is 6.07. The van der Waals surface area contributed by atoms with Gasteiger partial charge in [0, 0.05) is 5.56 Å². The molecule has 0 amide bonds. The second kappa shape index (κ2) is 10.3. The molecule has 0 radical (unpaired) electrons. The zero-order valence-electron chi connectivity index (χ0n) is 16.3. The Bertz CT molecular complexity index is 795. The fraction of sp³-hybridized carbons (Fsp3) is 0.318. The standard InChI is InChI=1S/C22H26O5/c1-5-13-27-20-11-8-16(14-22(20)26-6-2)7-10-18(23)17-9-12-19(24-3)21(15-17)25-4/h7-12,14-15H,5-6,13H2,1-4H3/b10-7+. The number of rotatable bonds is 10. The van der Waals surface area contributed by atoms with E-state index in [-0.39, 0.29) is 5.78 Å². The average molecular weight is 370 g/mol. The molecule has 0 heterocycles. The Kier molecular flexibility index (Phi) is 7.74. The van der Waals surface area contributed by atoms with E-state index in [1.54, 1.807) is 38.5 Å². The van der Waals surface area contributed by atoms with Gasteiger partial charge in [-0.05, 0) is 55.3 Å². The van der Waals surface area contributed by atoms with Crippen molar-refractivity contribution in [3.8, 4) is 23.0 Å². The lowest BCUT2D eigenvalue weighted by Crippen LogP contribution is -2.00. The first kappa shape index (κ1) is 20.4. The topological polar surface area (TPSA) is 54.0 Å². The van der Waals surface area contributed by atoms with E-state index in [1.807, 2.05) is 25.1 Å². The maximum absolute atomic E-state index is 12.5. The van der Waals surface area contributed by atoms with Crippen LogP contribution >= 0.6 is 0 Å². The first-order valence-corrected chi connectivity index (χ1v) is 8.97. The molecule has 2 rings (SSSR count). The van der Waals surface area contributed by atoms with Crippen molar-refractivity contribution in [2.45, 2.75) is 20.3 Å². The highest BCUT2D eigenvalue weighted by atomic mass is 16.5. The normalized spacial score (nSPS) is 10.7. The molecule has 0 unspecified atom stereocenters. The van der Waals surface area contributed by atoms with Crippen molar-refractivity contribution in [3.63, 3.8) is 0 Å². The highest BCUT2D eigenvalue weighted by Gasteiger charge is 2.09. The summed E-state index contributed by atoms with van der Waals surface area (Å²) in [7, 11) is 3.10. The largest absolute Gasteiger partial charge is 0.493 e. The van der Waals surface area contributed by atoms with Gasteiger partial charge in [-0.1, -0.05) is 19.1 Å². The van der Waals surface area contributed by atoms with Crippen molar-refractivity contribution >= 4 is 11.9 Å². The molecule has 2 aromatic rings. The van der Waals surface area contributed by atoms with E-state index in [0.29, 0.717) is 41.8 Å². The summed E-state index contributed by atoms with van der Waals surface area (Å²) in [6.07, 6.45) is 4.21. The maximum Gasteiger partial charge on any atom is 0.185 e. The Hall–Kier alpha value is -2.95. The van der Waals surface area contributed by atoms with Crippen molar-refractivity contribution < 1.29 is 23.7 Å². The van der Waals surface area contributed by atoms with Gasteiger partial charge in [0.2, 0.25) is 0 Å². The molecule has 0 saturated heterocycles. The lowest BCUT2D eigenvalue weighted by molar-refractivity contribution is 0.104. The second-order valence-electron chi connectivity index (χ2n) is 5.75. The van der Waals surface area contributed by atoms with Gasteiger partial charge < -0.3 is 18.9 Å². The zero-order chi connectivity index (χ0) is 19.6. The summed E-state index contributed by atoms with van der Waals surface area (Å²) in [5, 5.41) is 0. The van der Waals surface area contributed by atoms with Crippen LogP contribution in [0.25, 0.3) is 6.08 Å². The van der Waals surface area contributed by atoms with Gasteiger partial charge in [0.15, 0.2) is 28.8 Å².